The zero-order valence-electron chi connectivity index (χ0n) is 9.99. The molecule has 92 valence electrons. The molecule has 0 bridgehead atoms. The van der Waals surface area contributed by atoms with E-state index in [2.05, 4.69) is 34.7 Å². The number of aromatic nitrogens is 1. The molecule has 2 heterocycles. The van der Waals surface area contributed by atoms with Gasteiger partial charge in [-0.25, -0.2) is 4.98 Å². The second-order valence-corrected chi connectivity index (χ2v) is 5.60. The first kappa shape index (κ1) is 11.6. The molecule has 0 atom stereocenters. The number of nitrogens with one attached hydrogen (secondary N) is 2. The summed E-state index contributed by atoms with van der Waals surface area (Å²) in [4.78, 5) is 5.30. The van der Waals surface area contributed by atoms with E-state index in [0.29, 0.717) is 0 Å². The molecule has 0 aliphatic carbocycles. The summed E-state index contributed by atoms with van der Waals surface area (Å²) in [6.07, 6.45) is 0.934. The Kier molecular flexibility index (Phi) is 3.01. The Balaban J connectivity index is 2.09. The quantitative estimate of drug-likeness (QED) is 0.784. The Hall–Kier alpha value is -1.46. The zero-order chi connectivity index (χ0) is 12.5. The van der Waals surface area contributed by atoms with E-state index in [1.54, 1.807) is 11.3 Å². The molecule has 0 radical (unpaired) electrons. The van der Waals surface area contributed by atoms with Crippen LogP contribution in [0.1, 0.15) is 23.2 Å². The van der Waals surface area contributed by atoms with Crippen LogP contribution in [0.5, 0.6) is 0 Å². The van der Waals surface area contributed by atoms with E-state index < -0.39 is 0 Å². The normalized spacial score (nSPS) is 13.7. The minimum atomic E-state index is 0.725. The molecule has 0 fully saturated rings. The van der Waals surface area contributed by atoms with Crippen molar-refractivity contribution >= 4 is 39.2 Å². The molecule has 2 N–H and O–H groups in total. The number of nitrogens with zero attached hydrogens (tertiary/aromatic N) is 1. The molecule has 1 aliphatic rings. The van der Waals surface area contributed by atoms with Crippen molar-refractivity contribution in [1.82, 2.24) is 10.3 Å². The van der Waals surface area contributed by atoms with Crippen molar-refractivity contribution in [3.8, 4) is 0 Å². The number of thiocarbonyl (C=S) groups is 1. The van der Waals surface area contributed by atoms with Crippen LogP contribution in [0.4, 0.5) is 10.7 Å². The van der Waals surface area contributed by atoms with E-state index in [9.17, 15) is 0 Å². The summed E-state index contributed by atoms with van der Waals surface area (Å²) in [5.41, 5.74) is 3.22. The van der Waals surface area contributed by atoms with Crippen LogP contribution in [0.2, 0.25) is 0 Å². The van der Waals surface area contributed by atoms with Crippen molar-refractivity contribution in [3.63, 3.8) is 0 Å². The fraction of sp³-hybridized carbons (Fsp3) is 0.231. The molecule has 5 heteroatoms. The molecule has 2 aromatic rings. The number of aryl methyl sites for hydroxylation is 1. The Morgan fingerprint density at radius 2 is 2.22 bits per heavy atom. The molecule has 18 heavy (non-hydrogen) atoms. The molecule has 1 aromatic heterocycles. The van der Waals surface area contributed by atoms with Gasteiger partial charge in [-0.15, -0.1) is 11.3 Å². The van der Waals surface area contributed by atoms with E-state index in [1.165, 1.54) is 5.56 Å². The summed E-state index contributed by atoms with van der Waals surface area (Å²) < 4.78 is 0. The number of rotatable bonds is 1. The first-order chi connectivity index (χ1) is 8.78. The Morgan fingerprint density at radius 1 is 1.39 bits per heavy atom. The highest BCUT2D eigenvalue weighted by atomic mass is 32.1. The van der Waals surface area contributed by atoms with Crippen LogP contribution >= 0.6 is 23.6 Å². The van der Waals surface area contributed by atoms with Gasteiger partial charge in [-0.1, -0.05) is 37.3 Å². The van der Waals surface area contributed by atoms with E-state index in [1.807, 2.05) is 12.1 Å². The molecule has 0 spiro atoms. The molecule has 0 saturated carbocycles. The third-order valence-corrected chi connectivity index (χ3v) is 4.35. The van der Waals surface area contributed by atoms with Gasteiger partial charge in [0.05, 0.1) is 5.01 Å². The van der Waals surface area contributed by atoms with E-state index in [0.717, 1.165) is 39.3 Å². The zero-order valence-corrected chi connectivity index (χ0v) is 11.6. The summed E-state index contributed by atoms with van der Waals surface area (Å²) in [6.45, 7) is 2.84. The largest absolute Gasteiger partial charge is 0.370 e. The maximum Gasteiger partial charge on any atom is 0.132 e. The molecular weight excluding hydrogens is 262 g/mol. The van der Waals surface area contributed by atoms with Crippen LogP contribution in [0.25, 0.3) is 0 Å². The molecule has 3 nitrogen and oxygen atoms in total. The van der Waals surface area contributed by atoms with Gasteiger partial charge in [-0.3, -0.25) is 0 Å². The molecular formula is C13H13N3S2. The minimum Gasteiger partial charge on any atom is -0.370 e. The lowest BCUT2D eigenvalue weighted by Gasteiger charge is -2.17. The lowest BCUT2D eigenvalue weighted by atomic mass is 10.1. The average Bonchev–Trinajstić information content (AvgIpc) is 2.78. The third-order valence-electron chi connectivity index (χ3n) is 2.89. The Bertz CT molecular complexity index is 604. The van der Waals surface area contributed by atoms with Crippen LogP contribution in [0.3, 0.4) is 0 Å². The van der Waals surface area contributed by atoms with Gasteiger partial charge in [0.1, 0.15) is 15.7 Å². The average molecular weight is 275 g/mol. The van der Waals surface area contributed by atoms with E-state index >= 15 is 0 Å². The lowest BCUT2D eigenvalue weighted by molar-refractivity contribution is 0.921. The van der Waals surface area contributed by atoms with Crippen LogP contribution in [0.15, 0.2) is 24.3 Å². The molecule has 1 aromatic carbocycles. The summed E-state index contributed by atoms with van der Waals surface area (Å²) >= 11 is 7.07. The highest BCUT2D eigenvalue weighted by Gasteiger charge is 2.18. The molecule has 3 rings (SSSR count). The van der Waals surface area contributed by atoms with Crippen molar-refractivity contribution in [2.24, 2.45) is 0 Å². The third kappa shape index (κ3) is 2.00. The van der Waals surface area contributed by atoms with Gasteiger partial charge in [-0.05, 0) is 18.1 Å². The first-order valence-electron chi connectivity index (χ1n) is 5.90. The van der Waals surface area contributed by atoms with E-state index in [-0.39, 0.29) is 0 Å². The first-order valence-corrected chi connectivity index (χ1v) is 7.13. The fourth-order valence-corrected chi connectivity index (χ4v) is 3.14. The van der Waals surface area contributed by atoms with Gasteiger partial charge in [0.25, 0.3) is 0 Å². The van der Waals surface area contributed by atoms with Gasteiger partial charge in [0, 0.05) is 12.2 Å². The number of benzene rings is 1. The number of anilines is 2. The van der Waals surface area contributed by atoms with Gasteiger partial charge in [0.2, 0.25) is 0 Å². The standard InChI is InChI=1S/C13H13N3S2/c1-2-10-16-11-12(17)14-7-8-5-3-4-6-9(8)15-13(11)18-10/h3-6,15H,2,7H2,1H3,(H,14,17). The predicted molar refractivity (Wildman–Crippen MR) is 79.8 cm³/mol. The highest BCUT2D eigenvalue weighted by Crippen LogP contribution is 2.31. The van der Waals surface area contributed by atoms with Crippen molar-refractivity contribution < 1.29 is 0 Å². The second-order valence-electron chi connectivity index (χ2n) is 4.10. The molecule has 0 saturated heterocycles. The lowest BCUT2D eigenvalue weighted by Crippen LogP contribution is -2.25. The number of thiazole rings is 1. The number of fused-ring (bicyclic) bond motifs is 2. The van der Waals surface area contributed by atoms with Crippen LogP contribution in [0, 0.1) is 0 Å². The van der Waals surface area contributed by atoms with E-state index in [4.69, 9.17) is 12.2 Å². The van der Waals surface area contributed by atoms with Crippen molar-refractivity contribution in [2.45, 2.75) is 19.9 Å². The maximum absolute atomic E-state index is 5.39. The SMILES string of the molecule is CCc1nc2c(s1)Nc1ccccc1CNC2=S. The number of para-hydroxylation sites is 1. The van der Waals surface area contributed by atoms with Gasteiger partial charge < -0.3 is 10.6 Å². The van der Waals surface area contributed by atoms with Crippen molar-refractivity contribution in [2.75, 3.05) is 5.32 Å². The van der Waals surface area contributed by atoms with Gasteiger partial charge in [-0.2, -0.15) is 0 Å². The molecule has 1 aliphatic heterocycles. The molecule has 0 amide bonds. The second kappa shape index (κ2) is 4.66. The molecule has 0 unspecified atom stereocenters. The number of hydrogen-bond donors (Lipinski definition) is 2. The topological polar surface area (TPSA) is 37.0 Å². The summed E-state index contributed by atoms with van der Waals surface area (Å²) in [6, 6.07) is 8.26. The van der Waals surface area contributed by atoms with Crippen LogP contribution in [-0.4, -0.2) is 9.97 Å². The monoisotopic (exact) mass is 275 g/mol. The van der Waals surface area contributed by atoms with Crippen molar-refractivity contribution in [3.05, 3.63) is 40.5 Å². The maximum atomic E-state index is 5.39. The van der Waals surface area contributed by atoms with Gasteiger partial charge >= 0.3 is 0 Å². The predicted octanol–water partition coefficient (Wildman–Crippen LogP) is 3.23. The fourth-order valence-electron chi connectivity index (χ4n) is 1.93. The van der Waals surface area contributed by atoms with Crippen LogP contribution < -0.4 is 10.6 Å². The highest BCUT2D eigenvalue weighted by molar-refractivity contribution is 7.80. The number of hydrogen-bond acceptors (Lipinski definition) is 4. The summed E-state index contributed by atoms with van der Waals surface area (Å²) in [5, 5.41) is 8.87. The van der Waals surface area contributed by atoms with Gasteiger partial charge in [0.15, 0.2) is 0 Å². The van der Waals surface area contributed by atoms with Crippen molar-refractivity contribution in [1.29, 1.82) is 0 Å². The minimum absolute atomic E-state index is 0.725. The summed E-state index contributed by atoms with van der Waals surface area (Å²) in [5.74, 6) is 0. The smallest absolute Gasteiger partial charge is 0.132 e. The Morgan fingerprint density at radius 3 is 3.06 bits per heavy atom. The Labute approximate surface area is 115 Å². The van der Waals surface area contributed by atoms with Crippen LogP contribution in [-0.2, 0) is 13.0 Å². The summed E-state index contributed by atoms with van der Waals surface area (Å²) in [7, 11) is 0.